The first-order valence-corrected chi connectivity index (χ1v) is 7.58. The fourth-order valence-corrected chi connectivity index (χ4v) is 3.85. The van der Waals surface area contributed by atoms with Crippen molar-refractivity contribution in [2.45, 2.75) is 12.3 Å². The third kappa shape index (κ3) is 1.97. The van der Waals surface area contributed by atoms with Gasteiger partial charge in [0.2, 0.25) is 5.91 Å². The highest BCUT2D eigenvalue weighted by Gasteiger charge is 2.30. The number of carbonyl (C=O) groups is 1. The number of fused-ring (bicyclic) bond motifs is 2. The van der Waals surface area contributed by atoms with Gasteiger partial charge in [0.1, 0.15) is 5.82 Å². The molecule has 3 aromatic rings. The molecule has 0 aliphatic carbocycles. The Morgan fingerprint density at radius 2 is 2.00 bits per heavy atom. The third-order valence-electron chi connectivity index (χ3n) is 3.83. The number of hydrogen-bond donors (Lipinski definition) is 2. The van der Waals surface area contributed by atoms with Crippen LogP contribution in [0.3, 0.4) is 0 Å². The van der Waals surface area contributed by atoms with E-state index in [1.54, 1.807) is 0 Å². The molecule has 0 spiro atoms. The molecule has 0 saturated carbocycles. The van der Waals surface area contributed by atoms with Crippen molar-refractivity contribution in [1.29, 1.82) is 0 Å². The monoisotopic (exact) mass is 295 g/mol. The summed E-state index contributed by atoms with van der Waals surface area (Å²) in [5, 5.41) is 5.66. The average molecular weight is 295 g/mol. The molecule has 3 N–H and O–H groups in total. The van der Waals surface area contributed by atoms with Gasteiger partial charge in [-0.25, -0.2) is 4.98 Å². The Balaban J connectivity index is 1.94. The van der Waals surface area contributed by atoms with E-state index in [0.717, 1.165) is 10.4 Å². The highest BCUT2D eigenvalue weighted by Crippen LogP contribution is 2.43. The van der Waals surface area contributed by atoms with Gasteiger partial charge in [-0.3, -0.25) is 4.79 Å². The van der Waals surface area contributed by atoms with E-state index in [4.69, 9.17) is 5.73 Å². The molecule has 1 aliphatic rings. The molecule has 1 unspecified atom stereocenters. The van der Waals surface area contributed by atoms with Crippen molar-refractivity contribution in [3.8, 4) is 0 Å². The highest BCUT2D eigenvalue weighted by molar-refractivity contribution is 7.16. The molecule has 104 valence electrons. The zero-order valence-electron chi connectivity index (χ0n) is 11.2. The number of nitrogens with two attached hydrogens (primary N) is 1. The van der Waals surface area contributed by atoms with E-state index in [1.807, 2.05) is 18.2 Å². The largest absolute Gasteiger partial charge is 0.375 e. The van der Waals surface area contributed by atoms with Crippen molar-refractivity contribution < 1.29 is 4.79 Å². The predicted molar refractivity (Wildman–Crippen MR) is 85.6 cm³/mol. The summed E-state index contributed by atoms with van der Waals surface area (Å²) in [5.41, 5.74) is 6.97. The topological polar surface area (TPSA) is 68.0 Å². The van der Waals surface area contributed by atoms with E-state index in [9.17, 15) is 4.79 Å². The van der Waals surface area contributed by atoms with Crippen LogP contribution in [-0.2, 0) is 4.79 Å². The number of aromatic nitrogens is 1. The van der Waals surface area contributed by atoms with Crippen LogP contribution in [0.2, 0.25) is 0 Å². The standard InChI is InChI=1S/C16H13N3OS/c17-16-19-15-14(21-16)12(8-13(20)18-15)11-7-3-5-9-4-1-2-6-10(9)11/h1-7,12H,8H2,(H2,17,19)(H,18,20). The van der Waals surface area contributed by atoms with Crippen LogP contribution >= 0.6 is 11.3 Å². The minimum Gasteiger partial charge on any atom is -0.375 e. The van der Waals surface area contributed by atoms with E-state index < -0.39 is 0 Å². The Bertz CT molecular complexity index is 850. The van der Waals surface area contributed by atoms with E-state index in [0.29, 0.717) is 17.4 Å². The summed E-state index contributed by atoms with van der Waals surface area (Å²) in [7, 11) is 0. The maximum atomic E-state index is 12.0. The van der Waals surface area contributed by atoms with Crippen LogP contribution in [0.4, 0.5) is 10.9 Å². The lowest BCUT2D eigenvalue weighted by Gasteiger charge is -2.22. The molecule has 1 aliphatic heterocycles. The number of carbonyl (C=O) groups excluding carboxylic acids is 1. The smallest absolute Gasteiger partial charge is 0.226 e. The van der Waals surface area contributed by atoms with E-state index in [1.165, 1.54) is 22.1 Å². The first-order chi connectivity index (χ1) is 10.2. The predicted octanol–water partition coefficient (Wildman–Crippen LogP) is 3.35. The lowest BCUT2D eigenvalue weighted by molar-refractivity contribution is -0.116. The van der Waals surface area contributed by atoms with Crippen molar-refractivity contribution in [3.05, 3.63) is 52.9 Å². The summed E-state index contributed by atoms with van der Waals surface area (Å²) >= 11 is 1.46. The van der Waals surface area contributed by atoms with Crippen LogP contribution < -0.4 is 11.1 Å². The molecular weight excluding hydrogens is 282 g/mol. The molecule has 1 atom stereocenters. The molecule has 21 heavy (non-hydrogen) atoms. The Morgan fingerprint density at radius 1 is 1.19 bits per heavy atom. The van der Waals surface area contributed by atoms with Crippen LogP contribution in [0.1, 0.15) is 22.8 Å². The lowest BCUT2D eigenvalue weighted by Crippen LogP contribution is -2.22. The highest BCUT2D eigenvalue weighted by atomic mass is 32.1. The van der Waals surface area contributed by atoms with Crippen LogP contribution in [0.25, 0.3) is 10.8 Å². The second kappa shape index (κ2) is 4.56. The summed E-state index contributed by atoms with van der Waals surface area (Å²) in [5.74, 6) is 0.632. The summed E-state index contributed by atoms with van der Waals surface area (Å²) in [4.78, 5) is 17.2. The zero-order chi connectivity index (χ0) is 14.4. The van der Waals surface area contributed by atoms with Gasteiger partial charge in [0.05, 0.1) is 4.88 Å². The van der Waals surface area contributed by atoms with E-state index in [-0.39, 0.29) is 11.8 Å². The lowest BCUT2D eigenvalue weighted by atomic mass is 9.88. The molecule has 0 saturated heterocycles. The fraction of sp³-hybridized carbons (Fsp3) is 0.125. The Morgan fingerprint density at radius 3 is 2.90 bits per heavy atom. The number of rotatable bonds is 1. The Kier molecular flexibility index (Phi) is 2.68. The van der Waals surface area contributed by atoms with Crippen molar-refractivity contribution in [1.82, 2.24) is 4.98 Å². The SMILES string of the molecule is Nc1nc2c(s1)C(c1cccc3ccccc13)CC(=O)N2. The molecule has 5 heteroatoms. The number of nitrogens with zero attached hydrogens (tertiary/aromatic N) is 1. The van der Waals surface area contributed by atoms with Gasteiger partial charge in [0.15, 0.2) is 5.13 Å². The number of thiazole rings is 1. The molecular formula is C16H13N3OS. The van der Waals surface area contributed by atoms with Gasteiger partial charge in [-0.2, -0.15) is 0 Å². The molecule has 4 rings (SSSR count). The molecule has 1 aromatic heterocycles. The maximum absolute atomic E-state index is 12.0. The number of nitrogen functional groups attached to an aromatic ring is 1. The van der Waals surface area contributed by atoms with Crippen LogP contribution in [-0.4, -0.2) is 10.9 Å². The molecule has 0 bridgehead atoms. The zero-order valence-corrected chi connectivity index (χ0v) is 12.0. The second-order valence-corrected chi connectivity index (χ2v) is 6.20. The normalized spacial score (nSPS) is 17.5. The molecule has 1 amide bonds. The van der Waals surface area contributed by atoms with Crippen molar-refractivity contribution in [2.75, 3.05) is 11.1 Å². The maximum Gasteiger partial charge on any atom is 0.226 e. The molecule has 0 radical (unpaired) electrons. The minimum atomic E-state index is -0.00858. The first kappa shape index (κ1) is 12.3. The van der Waals surface area contributed by atoms with E-state index >= 15 is 0 Å². The van der Waals surface area contributed by atoms with Crippen molar-refractivity contribution in [3.63, 3.8) is 0 Å². The third-order valence-corrected chi connectivity index (χ3v) is 4.83. The quantitative estimate of drug-likeness (QED) is 0.723. The number of amides is 1. The van der Waals surface area contributed by atoms with Crippen LogP contribution in [0.15, 0.2) is 42.5 Å². The first-order valence-electron chi connectivity index (χ1n) is 6.76. The van der Waals surface area contributed by atoms with Gasteiger partial charge in [-0.1, -0.05) is 53.8 Å². The van der Waals surface area contributed by atoms with Crippen molar-refractivity contribution in [2.24, 2.45) is 0 Å². The summed E-state index contributed by atoms with van der Waals surface area (Å²) in [6.07, 6.45) is 0.433. The fourth-order valence-electron chi connectivity index (χ4n) is 2.94. The van der Waals surface area contributed by atoms with Gasteiger partial charge in [0, 0.05) is 12.3 Å². The number of benzene rings is 2. The number of anilines is 2. The number of hydrogen-bond acceptors (Lipinski definition) is 4. The van der Waals surface area contributed by atoms with Gasteiger partial charge >= 0.3 is 0 Å². The Labute approximate surface area is 125 Å². The summed E-state index contributed by atoms with van der Waals surface area (Å²) < 4.78 is 0. The van der Waals surface area contributed by atoms with Crippen LogP contribution in [0.5, 0.6) is 0 Å². The molecule has 0 fully saturated rings. The Hall–Kier alpha value is -2.40. The van der Waals surface area contributed by atoms with Gasteiger partial charge in [-0.15, -0.1) is 0 Å². The minimum absolute atomic E-state index is 0.00858. The second-order valence-electron chi connectivity index (χ2n) is 5.14. The van der Waals surface area contributed by atoms with Crippen LogP contribution in [0, 0.1) is 0 Å². The van der Waals surface area contributed by atoms with E-state index in [2.05, 4.69) is 34.6 Å². The van der Waals surface area contributed by atoms with Crippen molar-refractivity contribution >= 4 is 39.0 Å². The average Bonchev–Trinajstić information content (AvgIpc) is 2.86. The summed E-state index contributed by atoms with van der Waals surface area (Å²) in [6, 6.07) is 14.4. The molecule has 2 aromatic carbocycles. The van der Waals surface area contributed by atoms with Gasteiger partial charge in [0.25, 0.3) is 0 Å². The van der Waals surface area contributed by atoms with Gasteiger partial charge < -0.3 is 11.1 Å². The number of nitrogens with one attached hydrogen (secondary N) is 1. The molecule has 2 heterocycles. The molecule has 4 nitrogen and oxygen atoms in total. The summed E-state index contributed by atoms with van der Waals surface area (Å²) in [6.45, 7) is 0. The van der Waals surface area contributed by atoms with Gasteiger partial charge in [-0.05, 0) is 16.3 Å².